The number of nitrogens with one attached hydrogen (secondary N) is 2. The van der Waals surface area contributed by atoms with Gasteiger partial charge in [-0.05, 0) is 30.3 Å². The zero-order valence-electron chi connectivity index (χ0n) is 14.7. The Kier molecular flexibility index (Phi) is 4.71. The highest BCUT2D eigenvalue weighted by Crippen LogP contribution is 2.25. The van der Waals surface area contributed by atoms with Crippen LogP contribution in [0.15, 0.2) is 58.6 Å². The molecule has 0 aliphatic carbocycles. The van der Waals surface area contributed by atoms with E-state index in [1.807, 2.05) is 0 Å². The number of hydrogen-bond donors (Lipinski definition) is 2. The molecule has 0 radical (unpaired) electrons. The van der Waals surface area contributed by atoms with Crippen molar-refractivity contribution in [3.05, 3.63) is 77.1 Å². The molecule has 146 valence electrons. The van der Waals surface area contributed by atoms with Crippen molar-refractivity contribution in [3.8, 4) is 0 Å². The molecular weight excluding hydrogens is 385 g/mol. The van der Waals surface area contributed by atoms with Crippen LogP contribution >= 0.6 is 0 Å². The molecule has 0 saturated carbocycles. The summed E-state index contributed by atoms with van der Waals surface area (Å²) >= 11 is 0. The van der Waals surface area contributed by atoms with Crippen LogP contribution in [-0.4, -0.2) is 29.8 Å². The predicted octanol–water partition coefficient (Wildman–Crippen LogP) is 3.08. The highest BCUT2D eigenvalue weighted by Gasteiger charge is 2.36. The van der Waals surface area contributed by atoms with Crippen molar-refractivity contribution >= 4 is 29.3 Å². The van der Waals surface area contributed by atoms with Gasteiger partial charge in [0.15, 0.2) is 11.6 Å². The van der Waals surface area contributed by atoms with Gasteiger partial charge in [0.05, 0.1) is 11.5 Å². The van der Waals surface area contributed by atoms with Crippen molar-refractivity contribution in [1.82, 2.24) is 5.43 Å². The van der Waals surface area contributed by atoms with Gasteiger partial charge in [-0.15, -0.1) is 0 Å². The molecule has 0 aromatic heterocycles. The number of ketones is 1. The summed E-state index contributed by atoms with van der Waals surface area (Å²) < 4.78 is 41.7. The van der Waals surface area contributed by atoms with Crippen LogP contribution in [0, 0.1) is 23.4 Å². The second-order valence-corrected chi connectivity index (χ2v) is 6.39. The maximum absolute atomic E-state index is 14.3. The fraction of sp³-hybridized carbons (Fsp3) is 0.100. The molecule has 2 aromatic rings. The average Bonchev–Trinajstić information content (AvgIpc) is 3.14. The summed E-state index contributed by atoms with van der Waals surface area (Å²) in [5.41, 5.74) is 1.90. The Morgan fingerprint density at radius 2 is 1.93 bits per heavy atom. The molecular formula is C20H13F3N4O2. The van der Waals surface area contributed by atoms with E-state index in [2.05, 4.69) is 20.8 Å². The Hall–Kier alpha value is -3.75. The third kappa shape index (κ3) is 3.54. The van der Waals surface area contributed by atoms with Crippen LogP contribution in [0.2, 0.25) is 0 Å². The van der Waals surface area contributed by atoms with Crippen LogP contribution in [0.1, 0.15) is 20.7 Å². The first-order valence-corrected chi connectivity index (χ1v) is 8.58. The average molecular weight is 398 g/mol. The lowest BCUT2D eigenvalue weighted by Gasteiger charge is -2.15. The Morgan fingerprint density at radius 1 is 1.10 bits per heavy atom. The summed E-state index contributed by atoms with van der Waals surface area (Å²) in [6.07, 6.45) is 4.37. The van der Waals surface area contributed by atoms with Crippen molar-refractivity contribution in [1.29, 1.82) is 0 Å². The van der Waals surface area contributed by atoms with Crippen LogP contribution in [0.3, 0.4) is 0 Å². The molecule has 2 aliphatic rings. The number of amides is 1. The van der Waals surface area contributed by atoms with E-state index in [4.69, 9.17) is 0 Å². The summed E-state index contributed by atoms with van der Waals surface area (Å²) in [6.45, 7) is 0. The molecule has 29 heavy (non-hydrogen) atoms. The zero-order chi connectivity index (χ0) is 20.5. The third-order valence-electron chi connectivity index (χ3n) is 4.47. The topological polar surface area (TPSA) is 82.9 Å². The van der Waals surface area contributed by atoms with Crippen molar-refractivity contribution < 1.29 is 22.8 Å². The standard InChI is InChI=1S/C20H13F3N4O2/c21-11-4-1-3-10(7-11)20(29)25-12-8-14(16(23)15(22)9-12)18(28)17-13-5-2-6-24-19(13)27-26-17/h1-9,13,19,27H,(H,25,29). The predicted molar refractivity (Wildman–Crippen MR) is 101 cm³/mol. The molecule has 2 unspecified atom stereocenters. The van der Waals surface area contributed by atoms with Gasteiger partial charge in [0, 0.05) is 23.5 Å². The minimum absolute atomic E-state index is 0.0139. The second kappa shape index (κ2) is 7.34. The molecule has 0 spiro atoms. The molecule has 2 aliphatic heterocycles. The zero-order valence-corrected chi connectivity index (χ0v) is 14.7. The van der Waals surface area contributed by atoms with Crippen LogP contribution in [0.4, 0.5) is 18.9 Å². The number of hydrazone groups is 1. The van der Waals surface area contributed by atoms with E-state index in [0.717, 1.165) is 18.2 Å². The lowest BCUT2D eigenvalue weighted by molar-refractivity contribution is 0.102. The van der Waals surface area contributed by atoms with Gasteiger partial charge < -0.3 is 5.32 Å². The Balaban J connectivity index is 1.62. The number of benzene rings is 2. The number of halogens is 3. The molecule has 2 N–H and O–H groups in total. The Morgan fingerprint density at radius 3 is 2.72 bits per heavy atom. The molecule has 0 fully saturated rings. The first kappa shape index (κ1) is 18.6. The van der Waals surface area contributed by atoms with Crippen molar-refractivity contribution in [2.24, 2.45) is 16.0 Å². The van der Waals surface area contributed by atoms with E-state index in [1.165, 1.54) is 18.2 Å². The van der Waals surface area contributed by atoms with Crippen LogP contribution < -0.4 is 10.7 Å². The number of anilines is 1. The summed E-state index contributed by atoms with van der Waals surface area (Å²) in [7, 11) is 0. The van der Waals surface area contributed by atoms with E-state index >= 15 is 0 Å². The molecule has 2 heterocycles. The van der Waals surface area contributed by atoms with Crippen molar-refractivity contribution in [2.75, 3.05) is 5.32 Å². The molecule has 6 nitrogen and oxygen atoms in total. The van der Waals surface area contributed by atoms with E-state index in [0.29, 0.717) is 0 Å². The largest absolute Gasteiger partial charge is 0.322 e. The number of aliphatic imine (C=N–C) groups is 1. The molecule has 1 amide bonds. The monoisotopic (exact) mass is 398 g/mol. The van der Waals surface area contributed by atoms with Crippen LogP contribution in [0.25, 0.3) is 0 Å². The number of hydrogen-bond acceptors (Lipinski definition) is 5. The molecule has 0 bridgehead atoms. The van der Waals surface area contributed by atoms with Gasteiger partial charge in [0.25, 0.3) is 5.91 Å². The lowest BCUT2D eigenvalue weighted by atomic mass is 9.92. The van der Waals surface area contributed by atoms with Gasteiger partial charge in [-0.2, -0.15) is 5.10 Å². The van der Waals surface area contributed by atoms with Crippen molar-refractivity contribution in [3.63, 3.8) is 0 Å². The van der Waals surface area contributed by atoms with E-state index in [1.54, 1.807) is 18.4 Å². The van der Waals surface area contributed by atoms with E-state index < -0.39 is 46.8 Å². The Labute approximate surface area is 162 Å². The summed E-state index contributed by atoms with van der Waals surface area (Å²) in [5, 5.41) is 6.25. The van der Waals surface area contributed by atoms with Gasteiger partial charge in [0.1, 0.15) is 17.7 Å². The second-order valence-electron chi connectivity index (χ2n) is 6.39. The normalized spacial score (nSPS) is 19.3. The minimum Gasteiger partial charge on any atom is -0.322 e. The number of rotatable bonds is 4. The summed E-state index contributed by atoms with van der Waals surface area (Å²) in [5.74, 6) is -5.37. The fourth-order valence-electron chi connectivity index (χ4n) is 3.07. The molecule has 0 saturated heterocycles. The van der Waals surface area contributed by atoms with Gasteiger partial charge in [-0.3, -0.25) is 20.0 Å². The number of fused-ring (bicyclic) bond motifs is 1. The fourth-order valence-corrected chi connectivity index (χ4v) is 3.07. The van der Waals surface area contributed by atoms with Gasteiger partial charge in [-0.25, -0.2) is 13.2 Å². The number of Topliss-reactive ketones (excluding diaryl/α,β-unsaturated/α-hetero) is 1. The van der Waals surface area contributed by atoms with E-state index in [9.17, 15) is 22.8 Å². The number of allylic oxidation sites excluding steroid dienone is 1. The minimum atomic E-state index is -1.35. The number of dihydropyridines is 1. The maximum atomic E-state index is 14.3. The summed E-state index contributed by atoms with van der Waals surface area (Å²) in [6, 6.07) is 6.62. The third-order valence-corrected chi connectivity index (χ3v) is 4.47. The van der Waals surface area contributed by atoms with Crippen LogP contribution in [0.5, 0.6) is 0 Å². The Bertz CT molecular complexity index is 1110. The van der Waals surface area contributed by atoms with Gasteiger partial charge in [-0.1, -0.05) is 12.1 Å². The molecule has 2 atom stereocenters. The highest BCUT2D eigenvalue weighted by molar-refractivity contribution is 6.47. The van der Waals surface area contributed by atoms with Gasteiger partial charge >= 0.3 is 0 Å². The van der Waals surface area contributed by atoms with Crippen molar-refractivity contribution in [2.45, 2.75) is 6.17 Å². The SMILES string of the molecule is O=C(Nc1cc(F)c(F)c(C(=O)C2=NNC3N=CC=CC23)c1)c1cccc(F)c1. The molecule has 4 rings (SSSR count). The molecule has 9 heteroatoms. The first-order chi connectivity index (χ1) is 13.9. The lowest BCUT2D eigenvalue weighted by Crippen LogP contribution is -2.31. The molecule has 2 aromatic carbocycles. The quantitative estimate of drug-likeness (QED) is 0.777. The smallest absolute Gasteiger partial charge is 0.255 e. The van der Waals surface area contributed by atoms with Crippen LogP contribution in [-0.2, 0) is 0 Å². The maximum Gasteiger partial charge on any atom is 0.255 e. The van der Waals surface area contributed by atoms with Gasteiger partial charge in [0.2, 0.25) is 5.78 Å². The van der Waals surface area contributed by atoms with E-state index in [-0.39, 0.29) is 17.0 Å². The number of nitrogens with zero attached hydrogens (tertiary/aromatic N) is 2. The summed E-state index contributed by atoms with van der Waals surface area (Å²) in [4.78, 5) is 29.2. The highest BCUT2D eigenvalue weighted by atomic mass is 19.2. The first-order valence-electron chi connectivity index (χ1n) is 8.58. The number of carbonyl (C=O) groups is 2. The number of carbonyl (C=O) groups excluding carboxylic acids is 2.